The van der Waals surface area contributed by atoms with Gasteiger partial charge < -0.3 is 15.2 Å². The van der Waals surface area contributed by atoms with Crippen LogP contribution in [0.2, 0.25) is 0 Å². The summed E-state index contributed by atoms with van der Waals surface area (Å²) in [6.07, 6.45) is 0.447. The number of rotatable bonds is 7. The van der Waals surface area contributed by atoms with E-state index in [1.807, 2.05) is 39.5 Å². The van der Waals surface area contributed by atoms with Crippen LogP contribution in [0.4, 0.5) is 4.79 Å². The molecule has 2 N–H and O–H groups in total. The molecule has 4 nitrogen and oxygen atoms in total. The van der Waals surface area contributed by atoms with Gasteiger partial charge in [0.25, 0.3) is 0 Å². The summed E-state index contributed by atoms with van der Waals surface area (Å²) < 4.78 is 5.17. The first kappa shape index (κ1) is 17.6. The van der Waals surface area contributed by atoms with Crippen LogP contribution in [0.25, 0.3) is 0 Å². The molecular weight excluding hydrogens is 250 g/mol. The Kier molecular flexibility index (Phi) is 7.71. The zero-order valence-electron chi connectivity index (χ0n) is 12.2. The number of amides is 1. The Morgan fingerprint density at radius 3 is 2.39 bits per heavy atom. The van der Waals surface area contributed by atoms with Gasteiger partial charge in [-0.25, -0.2) is 4.79 Å². The van der Waals surface area contributed by atoms with Crippen LogP contribution in [-0.2, 0) is 4.74 Å². The third-order valence-corrected chi connectivity index (χ3v) is 3.40. The van der Waals surface area contributed by atoms with Crippen LogP contribution in [0.3, 0.4) is 0 Å². The predicted octanol–water partition coefficient (Wildman–Crippen LogP) is 2.65. The average Bonchev–Trinajstić information content (AvgIpc) is 2.25. The van der Waals surface area contributed by atoms with Crippen LogP contribution >= 0.6 is 11.8 Å². The van der Waals surface area contributed by atoms with Gasteiger partial charge in [0.2, 0.25) is 0 Å². The Bertz CT molecular complexity index is 253. The maximum Gasteiger partial charge on any atom is 0.407 e. The molecule has 0 aromatic carbocycles. The van der Waals surface area contributed by atoms with E-state index in [1.54, 1.807) is 0 Å². The van der Waals surface area contributed by atoms with E-state index in [9.17, 15) is 9.90 Å². The minimum atomic E-state index is -0.488. The lowest BCUT2D eigenvalue weighted by atomic mass is 9.88. The normalized spacial score (nSPS) is 15.0. The van der Waals surface area contributed by atoms with Gasteiger partial charge in [-0.2, -0.15) is 11.8 Å². The highest BCUT2D eigenvalue weighted by Gasteiger charge is 2.25. The number of alkyl carbamates (subject to hydrolysis) is 1. The Labute approximate surface area is 115 Å². The molecule has 18 heavy (non-hydrogen) atoms. The second kappa shape index (κ2) is 7.89. The number of hydrogen-bond acceptors (Lipinski definition) is 4. The largest absolute Gasteiger partial charge is 0.444 e. The molecule has 0 aliphatic rings. The van der Waals surface area contributed by atoms with Crippen molar-refractivity contribution in [2.45, 2.75) is 46.6 Å². The standard InChI is InChI=1S/C13H27NO3S/c1-6-18-8-7-13(5,10-15)9-14-11(16)17-12(2,3)4/h15H,6-10H2,1-5H3,(H,14,16). The van der Waals surface area contributed by atoms with Crippen LogP contribution in [0.15, 0.2) is 0 Å². The maximum atomic E-state index is 11.5. The van der Waals surface area contributed by atoms with Crippen molar-refractivity contribution in [2.75, 3.05) is 24.7 Å². The molecule has 1 unspecified atom stereocenters. The van der Waals surface area contributed by atoms with E-state index in [-0.39, 0.29) is 12.0 Å². The van der Waals surface area contributed by atoms with E-state index in [0.717, 1.165) is 17.9 Å². The molecule has 0 heterocycles. The fourth-order valence-corrected chi connectivity index (χ4v) is 2.21. The van der Waals surface area contributed by atoms with Gasteiger partial charge in [-0.05, 0) is 38.7 Å². The predicted molar refractivity (Wildman–Crippen MR) is 77.0 cm³/mol. The number of thioether (sulfide) groups is 1. The topological polar surface area (TPSA) is 58.6 Å². The van der Waals surface area contributed by atoms with Gasteiger partial charge in [-0.3, -0.25) is 0 Å². The quantitative estimate of drug-likeness (QED) is 0.702. The van der Waals surface area contributed by atoms with Crippen molar-refractivity contribution in [3.05, 3.63) is 0 Å². The zero-order chi connectivity index (χ0) is 14.2. The molecule has 1 amide bonds. The molecule has 0 aromatic rings. The lowest BCUT2D eigenvalue weighted by Crippen LogP contribution is -2.41. The van der Waals surface area contributed by atoms with E-state index >= 15 is 0 Å². The van der Waals surface area contributed by atoms with Crippen molar-refractivity contribution in [1.29, 1.82) is 0 Å². The fourth-order valence-electron chi connectivity index (χ4n) is 1.29. The Morgan fingerprint density at radius 1 is 1.33 bits per heavy atom. The first-order valence-corrected chi connectivity index (χ1v) is 7.53. The SMILES string of the molecule is CCSCCC(C)(CO)CNC(=O)OC(C)(C)C. The molecule has 0 saturated carbocycles. The van der Waals surface area contributed by atoms with Crippen molar-refractivity contribution in [3.8, 4) is 0 Å². The van der Waals surface area contributed by atoms with Crippen LogP contribution in [-0.4, -0.2) is 41.5 Å². The van der Waals surface area contributed by atoms with Crippen molar-refractivity contribution in [2.24, 2.45) is 5.41 Å². The number of aliphatic hydroxyl groups is 1. The molecule has 0 rings (SSSR count). The summed E-state index contributed by atoms with van der Waals surface area (Å²) in [7, 11) is 0. The Balaban J connectivity index is 4.08. The molecule has 108 valence electrons. The fraction of sp³-hybridized carbons (Fsp3) is 0.923. The Morgan fingerprint density at radius 2 is 1.94 bits per heavy atom. The smallest absolute Gasteiger partial charge is 0.407 e. The van der Waals surface area contributed by atoms with Crippen molar-refractivity contribution >= 4 is 17.9 Å². The van der Waals surface area contributed by atoms with Crippen LogP contribution in [0.1, 0.15) is 41.0 Å². The Hall–Kier alpha value is -0.420. The summed E-state index contributed by atoms with van der Waals surface area (Å²) >= 11 is 1.84. The van der Waals surface area contributed by atoms with Crippen LogP contribution < -0.4 is 5.32 Å². The highest BCUT2D eigenvalue weighted by atomic mass is 32.2. The van der Waals surface area contributed by atoms with Crippen molar-refractivity contribution < 1.29 is 14.6 Å². The maximum absolute atomic E-state index is 11.5. The average molecular weight is 277 g/mol. The van der Waals surface area contributed by atoms with Crippen molar-refractivity contribution in [1.82, 2.24) is 5.32 Å². The van der Waals surface area contributed by atoms with Gasteiger partial charge in [-0.15, -0.1) is 0 Å². The molecular formula is C13H27NO3S. The molecule has 0 spiro atoms. The summed E-state index contributed by atoms with van der Waals surface area (Å²) in [5.74, 6) is 2.06. The third-order valence-electron chi connectivity index (χ3n) is 2.49. The molecule has 0 fully saturated rings. The number of carbonyl (C=O) groups is 1. The summed E-state index contributed by atoms with van der Waals surface area (Å²) in [5, 5.41) is 12.2. The summed E-state index contributed by atoms with van der Waals surface area (Å²) in [5.41, 5.74) is -0.767. The molecule has 0 aromatic heterocycles. The monoisotopic (exact) mass is 277 g/mol. The molecule has 5 heteroatoms. The lowest BCUT2D eigenvalue weighted by Gasteiger charge is -2.28. The van der Waals surface area contributed by atoms with Crippen LogP contribution in [0, 0.1) is 5.41 Å². The minimum absolute atomic E-state index is 0.0626. The first-order chi connectivity index (χ1) is 8.22. The van der Waals surface area contributed by atoms with Gasteiger partial charge in [0, 0.05) is 12.0 Å². The van der Waals surface area contributed by atoms with Gasteiger partial charge in [0.15, 0.2) is 0 Å². The van der Waals surface area contributed by atoms with Gasteiger partial charge >= 0.3 is 6.09 Å². The second-order valence-electron chi connectivity index (χ2n) is 5.77. The van der Waals surface area contributed by atoms with Gasteiger partial charge in [-0.1, -0.05) is 13.8 Å². The summed E-state index contributed by atoms with van der Waals surface area (Å²) in [6, 6.07) is 0. The summed E-state index contributed by atoms with van der Waals surface area (Å²) in [4.78, 5) is 11.5. The highest BCUT2D eigenvalue weighted by Crippen LogP contribution is 2.22. The number of aliphatic hydroxyl groups excluding tert-OH is 1. The minimum Gasteiger partial charge on any atom is -0.444 e. The number of hydrogen-bond donors (Lipinski definition) is 2. The highest BCUT2D eigenvalue weighted by molar-refractivity contribution is 7.99. The molecule has 0 saturated heterocycles. The van der Waals surface area contributed by atoms with Gasteiger partial charge in [0.1, 0.15) is 5.60 Å². The molecule has 0 aliphatic heterocycles. The van der Waals surface area contributed by atoms with Crippen LogP contribution in [0.5, 0.6) is 0 Å². The van der Waals surface area contributed by atoms with E-state index < -0.39 is 11.7 Å². The molecule has 0 aliphatic carbocycles. The molecule has 1 atom stereocenters. The van der Waals surface area contributed by atoms with Crippen molar-refractivity contribution in [3.63, 3.8) is 0 Å². The van der Waals surface area contributed by atoms with E-state index in [1.165, 1.54) is 0 Å². The first-order valence-electron chi connectivity index (χ1n) is 6.38. The second-order valence-corrected chi connectivity index (χ2v) is 7.16. The van der Waals surface area contributed by atoms with E-state index in [2.05, 4.69) is 12.2 Å². The number of carbonyl (C=O) groups excluding carboxylic acids is 1. The molecule has 0 radical (unpaired) electrons. The molecule has 0 bridgehead atoms. The lowest BCUT2D eigenvalue weighted by molar-refractivity contribution is 0.0476. The number of ether oxygens (including phenoxy) is 1. The van der Waals surface area contributed by atoms with Gasteiger partial charge in [0.05, 0.1) is 6.61 Å². The summed E-state index contributed by atoms with van der Waals surface area (Å²) in [6.45, 7) is 10.1. The number of nitrogens with one attached hydrogen (secondary N) is 1. The zero-order valence-corrected chi connectivity index (χ0v) is 13.0. The van der Waals surface area contributed by atoms with E-state index in [4.69, 9.17) is 4.74 Å². The van der Waals surface area contributed by atoms with E-state index in [0.29, 0.717) is 6.54 Å². The third kappa shape index (κ3) is 8.64.